The molecule has 19 heavy (non-hydrogen) atoms. The van der Waals surface area contributed by atoms with E-state index in [-0.39, 0.29) is 5.91 Å². The van der Waals surface area contributed by atoms with Gasteiger partial charge in [0, 0.05) is 36.6 Å². The van der Waals surface area contributed by atoms with Crippen LogP contribution in [-0.2, 0) is 0 Å². The zero-order chi connectivity index (χ0) is 13.4. The Balaban J connectivity index is 1.90. The van der Waals surface area contributed by atoms with Crippen molar-refractivity contribution in [2.75, 3.05) is 38.1 Å². The van der Waals surface area contributed by atoms with Crippen molar-refractivity contribution in [2.24, 2.45) is 5.73 Å². The predicted octanol–water partition coefficient (Wildman–Crippen LogP) is 1.75. The van der Waals surface area contributed by atoms with Gasteiger partial charge in [-0.1, -0.05) is 6.07 Å². The maximum Gasteiger partial charge on any atom is 0.258 e. The van der Waals surface area contributed by atoms with E-state index in [2.05, 4.69) is 35.0 Å². The van der Waals surface area contributed by atoms with Crippen LogP contribution in [0.2, 0.25) is 0 Å². The molecule has 5 heteroatoms. The Kier molecular flexibility index (Phi) is 3.16. The first-order chi connectivity index (χ1) is 9.13. The SMILES string of the molecule is CN1CCN(c2ccc3cc(C(N)=O)sc3c2)CC1. The van der Waals surface area contributed by atoms with E-state index in [4.69, 9.17) is 5.73 Å². The second kappa shape index (κ2) is 4.83. The van der Waals surface area contributed by atoms with Crippen LogP contribution in [-0.4, -0.2) is 44.0 Å². The summed E-state index contributed by atoms with van der Waals surface area (Å²) in [4.78, 5) is 16.6. The first-order valence-electron chi connectivity index (χ1n) is 6.40. The van der Waals surface area contributed by atoms with Gasteiger partial charge in [0.15, 0.2) is 0 Å². The van der Waals surface area contributed by atoms with Crippen molar-refractivity contribution in [3.8, 4) is 0 Å². The van der Waals surface area contributed by atoms with Gasteiger partial charge in [0.1, 0.15) is 0 Å². The molecule has 1 aromatic carbocycles. The Bertz CT molecular complexity index is 614. The zero-order valence-electron chi connectivity index (χ0n) is 10.9. The average Bonchev–Trinajstić information content (AvgIpc) is 2.82. The van der Waals surface area contributed by atoms with Crippen LogP contribution in [0.15, 0.2) is 24.3 Å². The molecule has 3 rings (SSSR count). The van der Waals surface area contributed by atoms with Gasteiger partial charge in [-0.3, -0.25) is 4.79 Å². The number of likely N-dealkylation sites (N-methyl/N-ethyl adjacent to an activating group) is 1. The van der Waals surface area contributed by atoms with Crippen LogP contribution in [0.25, 0.3) is 10.1 Å². The van der Waals surface area contributed by atoms with Crippen molar-refractivity contribution in [2.45, 2.75) is 0 Å². The minimum absolute atomic E-state index is 0.345. The summed E-state index contributed by atoms with van der Waals surface area (Å²) >= 11 is 1.47. The summed E-state index contributed by atoms with van der Waals surface area (Å²) in [5.41, 5.74) is 6.56. The fraction of sp³-hybridized carbons (Fsp3) is 0.357. The molecule has 100 valence electrons. The smallest absolute Gasteiger partial charge is 0.258 e. The van der Waals surface area contributed by atoms with Crippen LogP contribution in [0, 0.1) is 0 Å². The van der Waals surface area contributed by atoms with E-state index >= 15 is 0 Å². The summed E-state index contributed by atoms with van der Waals surface area (Å²) in [6.45, 7) is 4.29. The van der Waals surface area contributed by atoms with Gasteiger partial charge < -0.3 is 15.5 Å². The minimum atomic E-state index is -0.345. The number of piperazine rings is 1. The summed E-state index contributed by atoms with van der Waals surface area (Å²) in [6.07, 6.45) is 0. The van der Waals surface area contributed by atoms with Crippen molar-refractivity contribution in [3.05, 3.63) is 29.1 Å². The molecule has 0 saturated carbocycles. The highest BCUT2D eigenvalue weighted by Crippen LogP contribution is 2.29. The standard InChI is InChI=1S/C14H17N3OS/c1-16-4-6-17(7-5-16)11-3-2-10-8-13(14(15)18)19-12(10)9-11/h2-3,8-9H,4-7H2,1H3,(H2,15,18). The third-order valence-corrected chi connectivity index (χ3v) is 4.73. The minimum Gasteiger partial charge on any atom is -0.369 e. The van der Waals surface area contributed by atoms with Gasteiger partial charge in [0.2, 0.25) is 0 Å². The summed E-state index contributed by atoms with van der Waals surface area (Å²) in [5, 5.41) is 1.09. The zero-order valence-corrected chi connectivity index (χ0v) is 11.7. The Morgan fingerprint density at radius 1 is 1.21 bits per heavy atom. The van der Waals surface area contributed by atoms with E-state index in [9.17, 15) is 4.79 Å². The largest absolute Gasteiger partial charge is 0.369 e. The highest BCUT2D eigenvalue weighted by Gasteiger charge is 2.15. The Labute approximate surface area is 116 Å². The highest BCUT2D eigenvalue weighted by atomic mass is 32.1. The number of thiophene rings is 1. The maximum atomic E-state index is 11.2. The molecule has 1 aliphatic heterocycles. The molecule has 0 atom stereocenters. The first kappa shape index (κ1) is 12.4. The van der Waals surface area contributed by atoms with E-state index in [1.807, 2.05) is 6.07 Å². The number of benzene rings is 1. The molecule has 2 heterocycles. The molecule has 1 aromatic heterocycles. The molecule has 0 aliphatic carbocycles. The number of carbonyl (C=O) groups excluding carboxylic acids is 1. The van der Waals surface area contributed by atoms with Gasteiger partial charge in [-0.2, -0.15) is 0 Å². The van der Waals surface area contributed by atoms with Crippen LogP contribution in [0.3, 0.4) is 0 Å². The molecule has 0 bridgehead atoms. The Hall–Kier alpha value is -1.59. The monoisotopic (exact) mass is 275 g/mol. The normalized spacial score (nSPS) is 17.0. The molecule has 1 aliphatic rings. The molecule has 4 nitrogen and oxygen atoms in total. The van der Waals surface area contributed by atoms with Crippen LogP contribution in [0.5, 0.6) is 0 Å². The summed E-state index contributed by atoms with van der Waals surface area (Å²) in [5.74, 6) is -0.345. The molecule has 1 saturated heterocycles. The van der Waals surface area contributed by atoms with E-state index in [1.54, 1.807) is 0 Å². The number of anilines is 1. The lowest BCUT2D eigenvalue weighted by atomic mass is 10.2. The Morgan fingerprint density at radius 3 is 2.63 bits per heavy atom. The third-order valence-electron chi connectivity index (χ3n) is 3.61. The fourth-order valence-corrected chi connectivity index (χ4v) is 3.35. The van der Waals surface area contributed by atoms with E-state index < -0.39 is 0 Å². The van der Waals surface area contributed by atoms with Gasteiger partial charge in [-0.15, -0.1) is 11.3 Å². The fourth-order valence-electron chi connectivity index (χ4n) is 2.40. The number of primary amides is 1. The van der Waals surface area contributed by atoms with Crippen LogP contribution in [0.4, 0.5) is 5.69 Å². The predicted molar refractivity (Wildman–Crippen MR) is 80.1 cm³/mol. The van der Waals surface area contributed by atoms with Gasteiger partial charge in [-0.25, -0.2) is 0 Å². The Morgan fingerprint density at radius 2 is 1.95 bits per heavy atom. The highest BCUT2D eigenvalue weighted by molar-refractivity contribution is 7.20. The quantitative estimate of drug-likeness (QED) is 0.908. The lowest BCUT2D eigenvalue weighted by Gasteiger charge is -2.34. The molecular weight excluding hydrogens is 258 g/mol. The lowest BCUT2D eigenvalue weighted by Crippen LogP contribution is -2.44. The number of carbonyl (C=O) groups is 1. The number of hydrogen-bond donors (Lipinski definition) is 1. The molecule has 0 radical (unpaired) electrons. The van der Waals surface area contributed by atoms with Crippen molar-refractivity contribution in [3.63, 3.8) is 0 Å². The van der Waals surface area contributed by atoms with Crippen molar-refractivity contribution in [1.82, 2.24) is 4.90 Å². The number of nitrogens with zero attached hydrogens (tertiary/aromatic N) is 2. The third kappa shape index (κ3) is 2.43. The molecule has 2 aromatic rings. The number of hydrogen-bond acceptors (Lipinski definition) is 4. The number of amides is 1. The first-order valence-corrected chi connectivity index (χ1v) is 7.22. The number of fused-ring (bicyclic) bond motifs is 1. The van der Waals surface area contributed by atoms with Gasteiger partial charge >= 0.3 is 0 Å². The average molecular weight is 275 g/mol. The maximum absolute atomic E-state index is 11.2. The second-order valence-corrected chi connectivity index (χ2v) is 6.07. The molecule has 1 amide bonds. The lowest BCUT2D eigenvalue weighted by molar-refractivity contribution is 0.100. The number of nitrogens with two attached hydrogens (primary N) is 1. The van der Waals surface area contributed by atoms with E-state index in [0.29, 0.717) is 4.88 Å². The summed E-state index contributed by atoms with van der Waals surface area (Å²) in [7, 11) is 2.15. The topological polar surface area (TPSA) is 49.6 Å². The van der Waals surface area contributed by atoms with Crippen molar-refractivity contribution < 1.29 is 4.79 Å². The summed E-state index contributed by atoms with van der Waals surface area (Å²) in [6, 6.07) is 8.24. The molecule has 0 spiro atoms. The van der Waals surface area contributed by atoms with Crippen LogP contribution >= 0.6 is 11.3 Å². The second-order valence-electron chi connectivity index (χ2n) is 4.99. The van der Waals surface area contributed by atoms with Crippen LogP contribution in [0.1, 0.15) is 9.67 Å². The number of rotatable bonds is 2. The summed E-state index contributed by atoms with van der Waals surface area (Å²) < 4.78 is 1.13. The molecule has 2 N–H and O–H groups in total. The van der Waals surface area contributed by atoms with Gasteiger partial charge in [-0.05, 0) is 30.6 Å². The van der Waals surface area contributed by atoms with Crippen molar-refractivity contribution >= 4 is 33.0 Å². The molecule has 0 unspecified atom stereocenters. The molecular formula is C14H17N3OS. The van der Waals surface area contributed by atoms with Gasteiger partial charge in [0.05, 0.1) is 4.88 Å². The van der Waals surface area contributed by atoms with E-state index in [0.717, 1.165) is 36.3 Å². The van der Waals surface area contributed by atoms with E-state index in [1.165, 1.54) is 17.0 Å². The van der Waals surface area contributed by atoms with Crippen molar-refractivity contribution in [1.29, 1.82) is 0 Å². The van der Waals surface area contributed by atoms with Crippen LogP contribution < -0.4 is 10.6 Å². The molecule has 1 fully saturated rings. The van der Waals surface area contributed by atoms with Gasteiger partial charge in [0.25, 0.3) is 5.91 Å².